The zero-order chi connectivity index (χ0) is 19.3. The van der Waals surface area contributed by atoms with Gasteiger partial charge in [0.2, 0.25) is 0 Å². The van der Waals surface area contributed by atoms with E-state index in [-0.39, 0.29) is 6.54 Å². The van der Waals surface area contributed by atoms with E-state index in [1.807, 2.05) is 13.0 Å². The molecule has 1 atom stereocenters. The van der Waals surface area contributed by atoms with Crippen molar-refractivity contribution in [1.82, 2.24) is 10.3 Å². The molecule has 26 heavy (non-hydrogen) atoms. The van der Waals surface area contributed by atoms with Crippen LogP contribution in [0.5, 0.6) is 0 Å². The van der Waals surface area contributed by atoms with E-state index < -0.39 is 17.7 Å². The number of alkyl halides is 3. The summed E-state index contributed by atoms with van der Waals surface area (Å²) in [5, 5.41) is 4.71. The van der Waals surface area contributed by atoms with E-state index in [1.54, 1.807) is 11.1 Å². The Hall–Kier alpha value is -1.25. The van der Waals surface area contributed by atoms with Crippen molar-refractivity contribution in [3.63, 3.8) is 0 Å². The van der Waals surface area contributed by atoms with E-state index in [0.717, 1.165) is 18.3 Å². The van der Waals surface area contributed by atoms with Gasteiger partial charge >= 0.3 is 6.18 Å². The average Bonchev–Trinajstić information content (AvgIpc) is 3.38. The molecule has 4 nitrogen and oxygen atoms in total. The molecule has 2 rings (SSSR count). The number of allylic oxidation sites excluding steroid dienone is 4. The molecule has 2 aliphatic carbocycles. The van der Waals surface area contributed by atoms with Crippen molar-refractivity contribution in [3.05, 3.63) is 45.8 Å². The smallest absolute Gasteiger partial charge is 0.396 e. The molecule has 0 aromatic rings. The number of rotatable bonds is 8. The summed E-state index contributed by atoms with van der Waals surface area (Å²) in [6, 6.07) is 0. The Morgan fingerprint density at radius 3 is 2.69 bits per heavy atom. The number of nitrogens with one attached hydrogen (secondary N) is 1. The van der Waals surface area contributed by atoms with Gasteiger partial charge in [0.05, 0.1) is 11.4 Å². The first kappa shape index (κ1) is 21.1. The van der Waals surface area contributed by atoms with Crippen LogP contribution >= 0.6 is 15.9 Å². The van der Waals surface area contributed by atoms with Gasteiger partial charge in [-0.15, -0.1) is 0 Å². The fourth-order valence-electron chi connectivity index (χ4n) is 2.94. The van der Waals surface area contributed by atoms with E-state index in [4.69, 9.17) is 11.6 Å². The molecule has 0 aliphatic heterocycles. The highest BCUT2D eigenvalue weighted by molar-refractivity contribution is 9.11. The van der Waals surface area contributed by atoms with Crippen LogP contribution in [-0.2, 0) is 0 Å². The number of hydrazine groups is 1. The molecule has 1 unspecified atom stereocenters. The second-order valence-electron chi connectivity index (χ2n) is 6.70. The molecule has 1 fully saturated rings. The minimum absolute atomic E-state index is 0.220. The Morgan fingerprint density at radius 1 is 1.42 bits per heavy atom. The maximum Gasteiger partial charge on any atom is 0.413 e. The summed E-state index contributed by atoms with van der Waals surface area (Å²) in [5.41, 5.74) is 6.91. The van der Waals surface area contributed by atoms with Crippen molar-refractivity contribution >= 4 is 15.9 Å². The lowest BCUT2D eigenvalue weighted by atomic mass is 9.91. The molecule has 146 valence electrons. The second-order valence-corrected chi connectivity index (χ2v) is 7.66. The number of halogens is 4. The summed E-state index contributed by atoms with van der Waals surface area (Å²) in [4.78, 5) is 0. The van der Waals surface area contributed by atoms with E-state index in [1.165, 1.54) is 18.9 Å². The molecule has 8 heteroatoms. The first-order valence-corrected chi connectivity index (χ1v) is 9.51. The van der Waals surface area contributed by atoms with Crippen LogP contribution < -0.4 is 16.9 Å². The molecule has 0 aromatic carbocycles. The molecule has 0 amide bonds. The van der Waals surface area contributed by atoms with Crippen LogP contribution in [0.2, 0.25) is 0 Å². The van der Waals surface area contributed by atoms with Crippen LogP contribution in [-0.4, -0.2) is 30.8 Å². The minimum atomic E-state index is -4.30. The highest BCUT2D eigenvalue weighted by atomic mass is 79.9. The zero-order valence-electron chi connectivity index (χ0n) is 14.8. The lowest BCUT2D eigenvalue weighted by Crippen LogP contribution is -2.35. The van der Waals surface area contributed by atoms with Gasteiger partial charge in [-0.2, -0.15) is 13.2 Å². The SMILES string of the molecule is C/C=C(\C(N)=C(\Br)CNCC1CC=CC=C1C(F)(F)F)N(N)CC1CC1. The van der Waals surface area contributed by atoms with Crippen LogP contribution in [0.25, 0.3) is 0 Å². The molecule has 1 saturated carbocycles. The highest BCUT2D eigenvalue weighted by Crippen LogP contribution is 2.35. The zero-order valence-corrected chi connectivity index (χ0v) is 16.4. The molecule has 0 heterocycles. The molecule has 0 radical (unpaired) electrons. The number of hydrogen-bond acceptors (Lipinski definition) is 4. The maximum absolute atomic E-state index is 13.1. The maximum atomic E-state index is 13.1. The van der Waals surface area contributed by atoms with Gasteiger partial charge in [0.25, 0.3) is 0 Å². The lowest BCUT2D eigenvalue weighted by molar-refractivity contribution is -0.0990. The summed E-state index contributed by atoms with van der Waals surface area (Å²) in [6.45, 7) is 3.17. The van der Waals surface area contributed by atoms with Crippen molar-refractivity contribution < 1.29 is 13.2 Å². The Morgan fingerprint density at radius 2 is 2.12 bits per heavy atom. The van der Waals surface area contributed by atoms with E-state index in [9.17, 15) is 13.2 Å². The van der Waals surface area contributed by atoms with Crippen LogP contribution in [0, 0.1) is 11.8 Å². The minimum Gasteiger partial charge on any atom is -0.396 e. The fraction of sp³-hybridized carbons (Fsp3) is 0.556. The lowest BCUT2D eigenvalue weighted by Gasteiger charge is -2.25. The Kier molecular flexibility index (Phi) is 7.37. The predicted molar refractivity (Wildman–Crippen MR) is 102 cm³/mol. The summed E-state index contributed by atoms with van der Waals surface area (Å²) in [6.07, 6.45) is 4.64. The van der Waals surface area contributed by atoms with Gasteiger partial charge in [-0.25, -0.2) is 5.84 Å². The normalized spacial score (nSPS) is 22.2. The van der Waals surface area contributed by atoms with Crippen molar-refractivity contribution in [2.75, 3.05) is 19.6 Å². The van der Waals surface area contributed by atoms with Crippen LogP contribution in [0.3, 0.4) is 0 Å². The van der Waals surface area contributed by atoms with E-state index >= 15 is 0 Å². The van der Waals surface area contributed by atoms with Crippen molar-refractivity contribution in [3.8, 4) is 0 Å². The summed E-state index contributed by atoms with van der Waals surface area (Å²) >= 11 is 3.43. The molecule has 0 bridgehead atoms. The molecule has 0 saturated heterocycles. The van der Waals surface area contributed by atoms with Gasteiger partial charge in [-0.3, -0.25) is 0 Å². The fourth-order valence-corrected chi connectivity index (χ4v) is 3.34. The standard InChI is InChI=1S/C18H26BrF3N4/c1-2-16(26(24)11-12-7-8-12)17(23)15(19)10-25-9-13-5-3-4-6-14(13)18(20,21)22/h2-4,6,12-13,25H,5,7-11,23-24H2,1H3/b16-2+,17-15-. The summed E-state index contributed by atoms with van der Waals surface area (Å²) < 4.78 is 39.9. The third kappa shape index (κ3) is 5.89. The number of nitrogens with two attached hydrogens (primary N) is 2. The monoisotopic (exact) mass is 434 g/mol. The Balaban J connectivity index is 1.91. The second kappa shape index (κ2) is 9.10. The quantitative estimate of drug-likeness (QED) is 0.309. The molecular formula is C18H26BrF3N4. The molecule has 0 spiro atoms. The van der Waals surface area contributed by atoms with Crippen molar-refractivity contribution in [2.24, 2.45) is 23.4 Å². The van der Waals surface area contributed by atoms with Crippen LogP contribution in [0.15, 0.2) is 45.8 Å². The molecule has 0 aromatic heterocycles. The molecular weight excluding hydrogens is 409 g/mol. The van der Waals surface area contributed by atoms with Crippen molar-refractivity contribution in [1.29, 1.82) is 0 Å². The van der Waals surface area contributed by atoms with Crippen LogP contribution in [0.4, 0.5) is 13.2 Å². The highest BCUT2D eigenvalue weighted by Gasteiger charge is 2.38. The van der Waals surface area contributed by atoms with E-state index in [2.05, 4.69) is 21.2 Å². The predicted octanol–water partition coefficient (Wildman–Crippen LogP) is 3.70. The van der Waals surface area contributed by atoms with Crippen molar-refractivity contribution in [2.45, 2.75) is 32.4 Å². The van der Waals surface area contributed by atoms with Gasteiger partial charge in [0.15, 0.2) is 0 Å². The van der Waals surface area contributed by atoms with Gasteiger partial charge < -0.3 is 16.1 Å². The number of nitrogens with zero attached hydrogens (tertiary/aromatic N) is 1. The average molecular weight is 435 g/mol. The first-order valence-electron chi connectivity index (χ1n) is 8.71. The third-order valence-corrected chi connectivity index (χ3v) is 5.28. The van der Waals surface area contributed by atoms with Crippen LogP contribution in [0.1, 0.15) is 26.2 Å². The first-order chi connectivity index (χ1) is 12.2. The van der Waals surface area contributed by atoms with Gasteiger partial charge in [0.1, 0.15) is 0 Å². The van der Waals surface area contributed by atoms with E-state index in [0.29, 0.717) is 29.1 Å². The largest absolute Gasteiger partial charge is 0.413 e. The summed E-state index contributed by atoms with van der Waals surface area (Å²) in [5.74, 6) is 6.11. The third-order valence-electron chi connectivity index (χ3n) is 4.57. The van der Waals surface area contributed by atoms with Gasteiger partial charge in [-0.05, 0) is 32.1 Å². The molecule has 2 aliphatic rings. The number of hydrogen-bond donors (Lipinski definition) is 3. The van der Waals surface area contributed by atoms with Gasteiger partial charge in [0, 0.05) is 35.6 Å². The topological polar surface area (TPSA) is 67.3 Å². The Labute approximate surface area is 160 Å². The van der Waals surface area contributed by atoms with Gasteiger partial charge in [-0.1, -0.05) is 40.2 Å². The Bertz CT molecular complexity index is 618. The summed E-state index contributed by atoms with van der Waals surface area (Å²) in [7, 11) is 0. The molecule has 5 N–H and O–H groups in total.